The van der Waals surface area contributed by atoms with Gasteiger partial charge in [-0.1, -0.05) is 57.4 Å². The van der Waals surface area contributed by atoms with Crippen LogP contribution in [0.5, 0.6) is 5.75 Å². The molecule has 1 saturated carbocycles. The number of hydrogen-bond acceptors (Lipinski definition) is 3. The largest absolute Gasteiger partial charge is 0.491 e. The summed E-state index contributed by atoms with van der Waals surface area (Å²) in [4.78, 5) is 17.8. The van der Waals surface area contributed by atoms with E-state index in [-0.39, 0.29) is 17.9 Å². The monoisotopic (exact) mass is 447 g/mol. The minimum atomic E-state index is -0.156. The molecule has 5 heteroatoms. The molecule has 1 unspecified atom stereocenters. The van der Waals surface area contributed by atoms with Gasteiger partial charge in [-0.15, -0.1) is 0 Å². The molecule has 1 N–H and O–H groups in total. The number of amides is 1. The first-order valence-corrected chi connectivity index (χ1v) is 12.4. The first kappa shape index (κ1) is 23.3. The van der Waals surface area contributed by atoms with Crippen molar-refractivity contribution in [1.29, 1.82) is 0 Å². The lowest BCUT2D eigenvalue weighted by molar-refractivity contribution is -0.126. The highest BCUT2D eigenvalue weighted by molar-refractivity contribution is 5.80. The topological polar surface area (TPSA) is 56.1 Å². The molecule has 1 aliphatic carbocycles. The molecule has 0 saturated heterocycles. The van der Waals surface area contributed by atoms with Crippen LogP contribution in [0.4, 0.5) is 0 Å². The van der Waals surface area contributed by atoms with Gasteiger partial charge in [0.15, 0.2) is 0 Å². The van der Waals surface area contributed by atoms with Crippen LogP contribution in [0.2, 0.25) is 0 Å². The van der Waals surface area contributed by atoms with Gasteiger partial charge in [0.25, 0.3) is 0 Å². The van der Waals surface area contributed by atoms with Crippen molar-refractivity contribution < 1.29 is 9.53 Å². The van der Waals surface area contributed by atoms with Crippen LogP contribution in [0, 0.1) is 12.8 Å². The summed E-state index contributed by atoms with van der Waals surface area (Å²) in [6, 6.07) is 14.4. The zero-order valence-corrected chi connectivity index (χ0v) is 20.4. The first-order chi connectivity index (χ1) is 15.9. The lowest BCUT2D eigenvalue weighted by Gasteiger charge is -2.23. The molecule has 2 aromatic carbocycles. The van der Waals surface area contributed by atoms with Gasteiger partial charge in [-0.25, -0.2) is 4.98 Å². The van der Waals surface area contributed by atoms with E-state index in [0.717, 1.165) is 48.3 Å². The van der Waals surface area contributed by atoms with Gasteiger partial charge in [0.2, 0.25) is 5.91 Å². The van der Waals surface area contributed by atoms with Crippen LogP contribution in [0.1, 0.15) is 81.8 Å². The van der Waals surface area contributed by atoms with Crippen molar-refractivity contribution in [2.24, 2.45) is 5.92 Å². The Kier molecular flexibility index (Phi) is 7.36. The van der Waals surface area contributed by atoms with Crippen LogP contribution in [0.25, 0.3) is 11.0 Å². The fourth-order valence-corrected chi connectivity index (χ4v) is 4.91. The lowest BCUT2D eigenvalue weighted by atomic mass is 9.88. The van der Waals surface area contributed by atoms with Crippen molar-refractivity contribution >= 4 is 16.9 Å². The Morgan fingerprint density at radius 1 is 1.12 bits per heavy atom. The predicted molar refractivity (Wildman–Crippen MR) is 134 cm³/mol. The van der Waals surface area contributed by atoms with E-state index in [0.29, 0.717) is 19.1 Å². The van der Waals surface area contributed by atoms with Crippen molar-refractivity contribution in [3.8, 4) is 5.75 Å². The highest BCUT2D eigenvalue weighted by atomic mass is 16.5. The lowest BCUT2D eigenvalue weighted by Crippen LogP contribution is -2.35. The number of carbonyl (C=O) groups excluding carboxylic acids is 1. The molecule has 176 valence electrons. The molecule has 3 aromatic rings. The van der Waals surface area contributed by atoms with Gasteiger partial charge in [-0.2, -0.15) is 0 Å². The average molecular weight is 448 g/mol. The van der Waals surface area contributed by atoms with E-state index < -0.39 is 0 Å². The number of para-hydroxylation sites is 2. The molecule has 1 fully saturated rings. The number of aryl methyl sites for hydroxylation is 1. The summed E-state index contributed by atoms with van der Waals surface area (Å²) in [5.74, 6) is 2.55. The summed E-state index contributed by atoms with van der Waals surface area (Å²) in [7, 11) is 0. The number of aromatic nitrogens is 2. The SMILES string of the molecule is Cc1ccc(C(C)C)c(OCCn2c(C(C)NC(=O)C3CCCCC3)nc3ccccc32)c1. The number of fused-ring (bicyclic) bond motifs is 1. The third-order valence-corrected chi connectivity index (χ3v) is 6.77. The van der Waals surface area contributed by atoms with Gasteiger partial charge in [0.05, 0.1) is 23.6 Å². The third-order valence-electron chi connectivity index (χ3n) is 6.77. The Morgan fingerprint density at radius 2 is 1.88 bits per heavy atom. The summed E-state index contributed by atoms with van der Waals surface area (Å²) in [6.45, 7) is 9.72. The molecule has 0 spiro atoms. The number of nitrogens with one attached hydrogen (secondary N) is 1. The average Bonchev–Trinajstić information content (AvgIpc) is 3.18. The maximum absolute atomic E-state index is 12.9. The van der Waals surface area contributed by atoms with E-state index in [1.165, 1.54) is 17.5 Å². The molecule has 0 radical (unpaired) electrons. The van der Waals surface area contributed by atoms with Crippen LogP contribution in [-0.2, 0) is 11.3 Å². The smallest absolute Gasteiger partial charge is 0.223 e. The second kappa shape index (κ2) is 10.4. The molecule has 1 atom stereocenters. The molecule has 1 aromatic heterocycles. The minimum absolute atomic E-state index is 0.137. The van der Waals surface area contributed by atoms with Gasteiger partial charge in [0, 0.05) is 5.92 Å². The van der Waals surface area contributed by atoms with Crippen molar-refractivity contribution in [2.75, 3.05) is 6.61 Å². The standard InChI is InChI=1S/C28H37N3O2/c1-19(2)23-15-14-20(3)18-26(23)33-17-16-31-25-13-9-8-12-24(25)30-27(31)21(4)29-28(32)22-10-6-5-7-11-22/h8-9,12-15,18-19,21-22H,5-7,10-11,16-17H2,1-4H3,(H,29,32). The van der Waals surface area contributed by atoms with Crippen molar-refractivity contribution in [1.82, 2.24) is 14.9 Å². The van der Waals surface area contributed by atoms with E-state index in [9.17, 15) is 4.79 Å². The Bertz CT molecular complexity index is 1100. The Morgan fingerprint density at radius 3 is 2.64 bits per heavy atom. The maximum Gasteiger partial charge on any atom is 0.223 e. The number of hydrogen-bond donors (Lipinski definition) is 1. The highest BCUT2D eigenvalue weighted by Crippen LogP contribution is 2.28. The fraction of sp³-hybridized carbons (Fsp3) is 0.500. The van der Waals surface area contributed by atoms with Gasteiger partial charge in [0.1, 0.15) is 18.2 Å². The Hall–Kier alpha value is -2.82. The molecule has 33 heavy (non-hydrogen) atoms. The molecule has 1 aliphatic rings. The molecule has 0 aliphatic heterocycles. The maximum atomic E-state index is 12.9. The summed E-state index contributed by atoms with van der Waals surface area (Å²) >= 11 is 0. The Labute approximate surface area is 197 Å². The van der Waals surface area contributed by atoms with Gasteiger partial charge in [-0.05, 0) is 61.9 Å². The van der Waals surface area contributed by atoms with Crippen molar-refractivity contribution in [3.63, 3.8) is 0 Å². The third kappa shape index (κ3) is 5.40. The summed E-state index contributed by atoms with van der Waals surface area (Å²) in [5.41, 5.74) is 4.44. The quantitative estimate of drug-likeness (QED) is 0.440. The van der Waals surface area contributed by atoms with E-state index in [1.807, 2.05) is 25.1 Å². The predicted octanol–water partition coefficient (Wildman–Crippen LogP) is 6.30. The van der Waals surface area contributed by atoms with Crippen LogP contribution in [-0.4, -0.2) is 22.1 Å². The van der Waals surface area contributed by atoms with E-state index in [1.54, 1.807) is 0 Å². The number of benzene rings is 2. The number of rotatable bonds is 8. The van der Waals surface area contributed by atoms with Crippen LogP contribution >= 0.6 is 0 Å². The molecule has 1 amide bonds. The number of imidazole rings is 1. The molecule has 4 rings (SSSR count). The zero-order chi connectivity index (χ0) is 23.4. The van der Waals surface area contributed by atoms with Crippen molar-refractivity contribution in [3.05, 3.63) is 59.4 Å². The molecular formula is C28H37N3O2. The molecule has 5 nitrogen and oxygen atoms in total. The van der Waals surface area contributed by atoms with Gasteiger partial charge < -0.3 is 14.6 Å². The second-order valence-electron chi connectivity index (χ2n) is 9.72. The van der Waals surface area contributed by atoms with E-state index in [4.69, 9.17) is 9.72 Å². The minimum Gasteiger partial charge on any atom is -0.491 e. The summed E-state index contributed by atoms with van der Waals surface area (Å²) in [5, 5.41) is 3.24. The number of nitrogens with zero attached hydrogens (tertiary/aromatic N) is 2. The number of ether oxygens (including phenoxy) is 1. The van der Waals surface area contributed by atoms with Crippen LogP contribution < -0.4 is 10.1 Å². The summed E-state index contributed by atoms with van der Waals surface area (Å²) in [6.07, 6.45) is 5.54. The van der Waals surface area contributed by atoms with Gasteiger partial charge in [-0.3, -0.25) is 4.79 Å². The number of carbonyl (C=O) groups is 1. The second-order valence-corrected chi connectivity index (χ2v) is 9.72. The molecular weight excluding hydrogens is 410 g/mol. The zero-order valence-electron chi connectivity index (χ0n) is 20.4. The highest BCUT2D eigenvalue weighted by Gasteiger charge is 2.25. The van der Waals surface area contributed by atoms with Crippen molar-refractivity contribution in [2.45, 2.75) is 78.3 Å². The van der Waals surface area contributed by atoms with Crippen LogP contribution in [0.15, 0.2) is 42.5 Å². The normalized spacial score (nSPS) is 15.7. The Balaban J connectivity index is 1.52. The van der Waals surface area contributed by atoms with E-state index in [2.05, 4.69) is 54.9 Å². The molecule has 0 bridgehead atoms. The summed E-state index contributed by atoms with van der Waals surface area (Å²) < 4.78 is 8.48. The van der Waals surface area contributed by atoms with E-state index >= 15 is 0 Å². The first-order valence-electron chi connectivity index (χ1n) is 12.4. The molecule has 1 heterocycles. The fourth-order valence-electron chi connectivity index (χ4n) is 4.91. The van der Waals surface area contributed by atoms with Crippen LogP contribution in [0.3, 0.4) is 0 Å². The van der Waals surface area contributed by atoms with Gasteiger partial charge >= 0.3 is 0 Å².